The monoisotopic (exact) mass is 295 g/mol. The number of hydrogen-bond donors (Lipinski definition) is 1. The zero-order chi connectivity index (χ0) is 14.3. The second-order valence-electron chi connectivity index (χ2n) is 5.73. The van der Waals surface area contributed by atoms with Crippen molar-refractivity contribution in [2.45, 2.75) is 45.1 Å². The number of nitrogens with zero attached hydrogens (tertiary/aromatic N) is 2. The molecule has 1 saturated carbocycles. The standard InChI is InChI=1S/C15H19ClFN3/c1-9(10-5-3-2-4-6-10)20-14-7-11(16)12(17)8-13(14)19-15(20)18/h7-10H,2-6H2,1H3,(H2,18,19). The van der Waals surface area contributed by atoms with Gasteiger partial charge in [0.1, 0.15) is 5.82 Å². The van der Waals surface area contributed by atoms with Crippen LogP contribution in [0.5, 0.6) is 0 Å². The molecule has 0 spiro atoms. The van der Waals surface area contributed by atoms with E-state index < -0.39 is 5.82 Å². The Labute approximate surface area is 122 Å². The third-order valence-electron chi connectivity index (χ3n) is 4.50. The van der Waals surface area contributed by atoms with Crippen LogP contribution in [-0.4, -0.2) is 9.55 Å². The van der Waals surface area contributed by atoms with Crippen LogP contribution in [0.3, 0.4) is 0 Å². The molecule has 1 aromatic heterocycles. The lowest BCUT2D eigenvalue weighted by molar-refractivity contribution is 0.269. The Kier molecular flexibility index (Phi) is 3.59. The SMILES string of the molecule is CC(C1CCCCC1)n1c(N)nc2cc(F)c(Cl)cc21. The van der Waals surface area contributed by atoms with Crippen molar-refractivity contribution in [3.63, 3.8) is 0 Å². The first-order valence-electron chi connectivity index (χ1n) is 7.20. The predicted octanol–water partition coefficient (Wildman–Crippen LogP) is 4.55. The molecule has 5 heteroatoms. The van der Waals surface area contributed by atoms with E-state index in [0.29, 0.717) is 17.4 Å². The van der Waals surface area contributed by atoms with E-state index in [1.807, 2.05) is 4.57 Å². The molecule has 20 heavy (non-hydrogen) atoms. The summed E-state index contributed by atoms with van der Waals surface area (Å²) in [6, 6.07) is 3.26. The van der Waals surface area contributed by atoms with Gasteiger partial charge in [0, 0.05) is 12.1 Å². The number of anilines is 1. The van der Waals surface area contributed by atoms with Crippen LogP contribution < -0.4 is 5.73 Å². The Bertz CT molecular complexity index is 632. The Morgan fingerprint density at radius 2 is 2.05 bits per heavy atom. The summed E-state index contributed by atoms with van der Waals surface area (Å²) in [5.74, 6) is 0.598. The van der Waals surface area contributed by atoms with E-state index in [-0.39, 0.29) is 11.1 Å². The van der Waals surface area contributed by atoms with E-state index in [1.54, 1.807) is 6.07 Å². The molecule has 108 valence electrons. The highest BCUT2D eigenvalue weighted by atomic mass is 35.5. The molecule has 2 N–H and O–H groups in total. The highest BCUT2D eigenvalue weighted by Crippen LogP contribution is 2.36. The average Bonchev–Trinajstić information content (AvgIpc) is 2.75. The van der Waals surface area contributed by atoms with Crippen LogP contribution in [0.4, 0.5) is 10.3 Å². The summed E-state index contributed by atoms with van der Waals surface area (Å²) >= 11 is 5.90. The molecule has 1 heterocycles. The molecule has 3 nitrogen and oxygen atoms in total. The van der Waals surface area contributed by atoms with Gasteiger partial charge in [-0.3, -0.25) is 0 Å². The second-order valence-corrected chi connectivity index (χ2v) is 6.14. The van der Waals surface area contributed by atoms with E-state index in [2.05, 4.69) is 11.9 Å². The number of aromatic nitrogens is 2. The maximum atomic E-state index is 13.5. The van der Waals surface area contributed by atoms with Crippen molar-refractivity contribution in [3.8, 4) is 0 Å². The Morgan fingerprint density at radius 1 is 1.35 bits per heavy atom. The fraction of sp³-hybridized carbons (Fsp3) is 0.533. The molecule has 1 unspecified atom stereocenters. The highest BCUT2D eigenvalue weighted by molar-refractivity contribution is 6.31. The van der Waals surface area contributed by atoms with Gasteiger partial charge in [0.15, 0.2) is 0 Å². The molecule has 1 aliphatic rings. The second kappa shape index (κ2) is 5.24. The summed E-state index contributed by atoms with van der Waals surface area (Å²) in [6.07, 6.45) is 6.30. The quantitative estimate of drug-likeness (QED) is 0.883. The topological polar surface area (TPSA) is 43.8 Å². The van der Waals surface area contributed by atoms with Crippen molar-refractivity contribution < 1.29 is 4.39 Å². The van der Waals surface area contributed by atoms with Gasteiger partial charge in [-0.15, -0.1) is 0 Å². The van der Waals surface area contributed by atoms with Gasteiger partial charge in [0.2, 0.25) is 5.95 Å². The van der Waals surface area contributed by atoms with Crippen LogP contribution in [0.1, 0.15) is 45.1 Å². The molecule has 2 aromatic rings. The molecule has 1 aliphatic carbocycles. The van der Waals surface area contributed by atoms with Gasteiger partial charge in [-0.25, -0.2) is 9.37 Å². The molecule has 0 amide bonds. The fourth-order valence-electron chi connectivity index (χ4n) is 3.36. The minimum absolute atomic E-state index is 0.120. The summed E-state index contributed by atoms with van der Waals surface area (Å²) in [7, 11) is 0. The maximum absolute atomic E-state index is 13.5. The van der Waals surface area contributed by atoms with Gasteiger partial charge >= 0.3 is 0 Å². The average molecular weight is 296 g/mol. The molecule has 1 aromatic carbocycles. The van der Waals surface area contributed by atoms with E-state index >= 15 is 0 Å². The van der Waals surface area contributed by atoms with Gasteiger partial charge in [0.05, 0.1) is 16.1 Å². The molecule has 1 atom stereocenters. The zero-order valence-electron chi connectivity index (χ0n) is 11.6. The molecule has 0 bridgehead atoms. The Hall–Kier alpha value is -1.29. The van der Waals surface area contributed by atoms with Crippen molar-refractivity contribution in [2.75, 3.05) is 5.73 Å². The molecular weight excluding hydrogens is 277 g/mol. The lowest BCUT2D eigenvalue weighted by Gasteiger charge is -2.29. The van der Waals surface area contributed by atoms with Crippen molar-refractivity contribution in [3.05, 3.63) is 23.0 Å². The third-order valence-corrected chi connectivity index (χ3v) is 4.79. The largest absolute Gasteiger partial charge is 0.369 e. The van der Waals surface area contributed by atoms with Gasteiger partial charge in [-0.1, -0.05) is 30.9 Å². The lowest BCUT2D eigenvalue weighted by atomic mass is 9.84. The first-order chi connectivity index (χ1) is 9.58. The van der Waals surface area contributed by atoms with E-state index in [9.17, 15) is 4.39 Å². The van der Waals surface area contributed by atoms with Crippen molar-refractivity contribution in [1.82, 2.24) is 9.55 Å². The van der Waals surface area contributed by atoms with Crippen LogP contribution in [0.25, 0.3) is 11.0 Å². The van der Waals surface area contributed by atoms with Gasteiger partial charge < -0.3 is 10.3 Å². The molecule has 0 radical (unpaired) electrons. The van der Waals surface area contributed by atoms with Gasteiger partial charge in [-0.2, -0.15) is 0 Å². The smallest absolute Gasteiger partial charge is 0.201 e. The number of rotatable bonds is 2. The number of fused-ring (bicyclic) bond motifs is 1. The number of benzene rings is 1. The molecular formula is C15H19ClFN3. The van der Waals surface area contributed by atoms with Crippen molar-refractivity contribution in [1.29, 1.82) is 0 Å². The maximum Gasteiger partial charge on any atom is 0.201 e. The van der Waals surface area contributed by atoms with E-state index in [0.717, 1.165) is 5.52 Å². The predicted molar refractivity (Wildman–Crippen MR) is 80.4 cm³/mol. The number of nitrogen functional groups attached to an aromatic ring is 1. The van der Waals surface area contributed by atoms with Crippen LogP contribution in [-0.2, 0) is 0 Å². The van der Waals surface area contributed by atoms with E-state index in [1.165, 1.54) is 38.2 Å². The summed E-state index contributed by atoms with van der Waals surface area (Å²) in [5, 5.41) is 0.120. The molecule has 1 fully saturated rings. The van der Waals surface area contributed by atoms with Crippen LogP contribution in [0, 0.1) is 11.7 Å². The summed E-state index contributed by atoms with van der Waals surface area (Å²) in [6.45, 7) is 2.17. The summed E-state index contributed by atoms with van der Waals surface area (Å²) in [5.41, 5.74) is 7.45. The van der Waals surface area contributed by atoms with Crippen molar-refractivity contribution >= 4 is 28.6 Å². The Balaban J connectivity index is 2.05. The van der Waals surface area contributed by atoms with Crippen LogP contribution in [0.15, 0.2) is 12.1 Å². The zero-order valence-corrected chi connectivity index (χ0v) is 12.3. The van der Waals surface area contributed by atoms with Crippen molar-refractivity contribution in [2.24, 2.45) is 5.92 Å². The van der Waals surface area contributed by atoms with Gasteiger partial charge in [0.25, 0.3) is 0 Å². The minimum atomic E-state index is -0.450. The lowest BCUT2D eigenvalue weighted by Crippen LogP contribution is -2.20. The number of hydrogen-bond acceptors (Lipinski definition) is 2. The number of nitrogens with two attached hydrogens (primary N) is 1. The highest BCUT2D eigenvalue weighted by Gasteiger charge is 2.24. The number of imidazole rings is 1. The van der Waals surface area contributed by atoms with Gasteiger partial charge in [-0.05, 0) is 31.7 Å². The summed E-state index contributed by atoms with van der Waals surface area (Å²) in [4.78, 5) is 4.27. The summed E-state index contributed by atoms with van der Waals surface area (Å²) < 4.78 is 15.5. The fourth-order valence-corrected chi connectivity index (χ4v) is 3.52. The minimum Gasteiger partial charge on any atom is -0.369 e. The molecule has 3 rings (SSSR count). The Morgan fingerprint density at radius 3 is 2.75 bits per heavy atom. The van der Waals surface area contributed by atoms with E-state index in [4.69, 9.17) is 17.3 Å². The third kappa shape index (κ3) is 2.26. The van der Waals surface area contributed by atoms with Crippen LogP contribution in [0.2, 0.25) is 5.02 Å². The number of halogens is 2. The molecule has 0 aliphatic heterocycles. The first-order valence-corrected chi connectivity index (χ1v) is 7.58. The first kappa shape index (κ1) is 13.7. The normalized spacial score (nSPS) is 18.6. The molecule has 0 saturated heterocycles. The van der Waals surface area contributed by atoms with Crippen LogP contribution >= 0.6 is 11.6 Å².